The van der Waals surface area contributed by atoms with Gasteiger partial charge in [-0.2, -0.15) is 127 Å². The zero-order chi connectivity index (χ0) is 59.3. The summed E-state index contributed by atoms with van der Waals surface area (Å²) in [6.45, 7) is 2.06. The fraction of sp³-hybridized carbons (Fsp3) is 0.192. The molecular formula is C52H31BF24OS. The van der Waals surface area contributed by atoms with Crippen LogP contribution in [0.4, 0.5) is 105 Å². The van der Waals surface area contributed by atoms with Gasteiger partial charge in [-0.15, -0.1) is 0 Å². The first-order valence-electron chi connectivity index (χ1n) is 22.0. The maximum atomic E-state index is 14.2. The second kappa shape index (κ2) is 21.3. The van der Waals surface area contributed by atoms with Crippen LogP contribution in [-0.4, -0.2) is 6.15 Å². The Morgan fingerprint density at radius 3 is 0.696 bits per heavy atom. The third-order valence-corrected chi connectivity index (χ3v) is 15.0. The zero-order valence-corrected chi connectivity index (χ0v) is 40.0. The van der Waals surface area contributed by atoms with Crippen LogP contribution >= 0.6 is 0 Å². The molecule has 0 aliphatic carbocycles. The second-order valence-electron chi connectivity index (χ2n) is 17.7. The number of alkyl halides is 24. The van der Waals surface area contributed by atoms with Crippen LogP contribution in [0, 0.1) is 6.92 Å². The van der Waals surface area contributed by atoms with Crippen molar-refractivity contribution in [1.82, 2.24) is 0 Å². The summed E-state index contributed by atoms with van der Waals surface area (Å²) in [4.78, 5) is 1.78. The molecule has 422 valence electrons. The molecule has 0 fully saturated rings. The quantitative estimate of drug-likeness (QED) is 0.0842. The van der Waals surface area contributed by atoms with Gasteiger partial charge in [0, 0.05) is 5.56 Å². The van der Waals surface area contributed by atoms with Crippen molar-refractivity contribution in [3.8, 4) is 0 Å². The highest BCUT2D eigenvalue weighted by molar-refractivity contribution is 8.02. The van der Waals surface area contributed by atoms with Gasteiger partial charge < -0.3 is 0 Å². The van der Waals surface area contributed by atoms with Crippen LogP contribution in [0.1, 0.15) is 55.6 Å². The lowest BCUT2D eigenvalue weighted by atomic mass is 9.12. The summed E-state index contributed by atoms with van der Waals surface area (Å²) in [5.41, 5.74) is -27.9. The van der Waals surface area contributed by atoms with E-state index in [0.717, 1.165) is 15.4 Å². The highest BCUT2D eigenvalue weighted by Crippen LogP contribution is 2.42. The van der Waals surface area contributed by atoms with Crippen molar-refractivity contribution in [2.24, 2.45) is 0 Å². The topological polar surface area (TPSA) is 17.1 Å². The van der Waals surface area contributed by atoms with Crippen LogP contribution in [0.3, 0.4) is 0 Å². The van der Waals surface area contributed by atoms with Crippen molar-refractivity contribution in [3.63, 3.8) is 0 Å². The minimum atomic E-state index is -6.13. The monoisotopic (exact) mass is 1170 g/mol. The fourth-order valence-electron chi connectivity index (χ4n) is 8.57. The van der Waals surface area contributed by atoms with E-state index in [9.17, 15) is 110 Å². The number of hydrogen-bond acceptors (Lipinski definition) is 1. The predicted molar refractivity (Wildman–Crippen MR) is 242 cm³/mol. The van der Waals surface area contributed by atoms with Gasteiger partial charge in [-0.05, 0) is 55.5 Å². The third kappa shape index (κ3) is 13.9. The Labute approximate surface area is 431 Å². The van der Waals surface area contributed by atoms with E-state index in [1.807, 2.05) is 60.7 Å². The van der Waals surface area contributed by atoms with Gasteiger partial charge in [-0.25, -0.2) is 0 Å². The first kappa shape index (κ1) is 61.3. The molecule has 0 amide bonds. The minimum absolute atomic E-state index is 0.529. The lowest BCUT2D eigenvalue weighted by molar-refractivity contribution is -0.144. The molecule has 0 spiro atoms. The van der Waals surface area contributed by atoms with Crippen LogP contribution in [0.2, 0.25) is 0 Å². The van der Waals surface area contributed by atoms with Gasteiger partial charge in [-0.1, -0.05) is 119 Å². The number of benzene rings is 7. The van der Waals surface area contributed by atoms with Crippen LogP contribution < -0.4 is 21.9 Å². The van der Waals surface area contributed by atoms with E-state index in [2.05, 4.69) is 31.2 Å². The molecule has 0 aliphatic heterocycles. The van der Waals surface area contributed by atoms with Gasteiger partial charge >= 0.3 is 49.4 Å². The molecule has 0 radical (unpaired) electrons. The Morgan fingerprint density at radius 2 is 0.506 bits per heavy atom. The highest BCUT2D eigenvalue weighted by atomic mass is 32.2. The smallest absolute Gasteiger partial charge is 0.194 e. The van der Waals surface area contributed by atoms with Crippen LogP contribution in [-0.2, 0) is 69.3 Å². The molecule has 7 aromatic carbocycles. The summed E-state index contributed by atoms with van der Waals surface area (Å²) in [7, 11) is -2.31. The lowest BCUT2D eigenvalue weighted by Gasteiger charge is -2.46. The van der Waals surface area contributed by atoms with Crippen molar-refractivity contribution in [2.75, 3.05) is 0 Å². The van der Waals surface area contributed by atoms with Crippen LogP contribution in [0.25, 0.3) is 0 Å². The van der Waals surface area contributed by atoms with Crippen molar-refractivity contribution in [2.45, 2.75) is 71.9 Å². The number of hydrogen-bond donors (Lipinski definition) is 0. The summed E-state index contributed by atoms with van der Waals surface area (Å²) in [6, 6.07) is 19.0. The molecule has 0 saturated heterocycles. The zero-order valence-electron chi connectivity index (χ0n) is 39.2. The molecule has 0 saturated carbocycles. The summed E-state index contributed by atoms with van der Waals surface area (Å²) < 4.78 is 355. The van der Waals surface area contributed by atoms with E-state index < -0.39 is 205 Å². The molecule has 0 atom stereocenters. The van der Waals surface area contributed by atoms with Gasteiger partial charge in [0.15, 0.2) is 19.7 Å². The van der Waals surface area contributed by atoms with E-state index in [-0.39, 0.29) is 0 Å². The number of aryl methyl sites for hydroxylation is 1. The summed E-state index contributed by atoms with van der Waals surface area (Å²) in [5, 5.41) is 0. The molecule has 7 aromatic rings. The van der Waals surface area contributed by atoms with Crippen molar-refractivity contribution >= 4 is 37.9 Å². The van der Waals surface area contributed by atoms with Gasteiger partial charge in [-0.3, -0.25) is 0 Å². The van der Waals surface area contributed by atoms with Crippen molar-refractivity contribution in [1.29, 1.82) is 0 Å². The average Bonchev–Trinajstić information content (AvgIpc) is 3.54. The van der Waals surface area contributed by atoms with E-state index in [4.69, 9.17) is 0 Å². The standard InChI is InChI=1S/C32H12BF24.C20H19OS/c34-25(35,36)13-1-14(26(37,38)39)6-21(5-13)33(22-7-15(27(40,41)42)2-16(8-22)28(43,44)45,23-9-17(29(46,47)48)3-18(10-23)30(49,50)51)24-11-19(31(52,53)54)4-20(12-24)32(55,56)57;1-17-12-14-18(15-13-17)16-22(21,19-8-4-2-5-9-19)20-10-6-3-7-11-20/h1-12H;2-15H,16H2,1H3/q-1;+1. The van der Waals surface area contributed by atoms with Crippen LogP contribution in [0.15, 0.2) is 168 Å². The molecule has 79 heavy (non-hydrogen) atoms. The maximum Gasteiger partial charge on any atom is 0.416 e. The van der Waals surface area contributed by atoms with Crippen molar-refractivity contribution < 1.29 is 110 Å². The Bertz CT molecular complexity index is 2850. The van der Waals surface area contributed by atoms with Crippen molar-refractivity contribution in [3.05, 3.63) is 213 Å². The van der Waals surface area contributed by atoms with E-state index in [1.165, 1.54) is 5.56 Å². The molecule has 0 heterocycles. The fourth-order valence-corrected chi connectivity index (χ4v) is 11.0. The molecule has 1 nitrogen and oxygen atoms in total. The molecule has 0 bridgehead atoms. The highest BCUT2D eigenvalue weighted by Gasteiger charge is 2.47. The SMILES string of the molecule is Cc1ccc(C[S+](=O)(c2ccccc2)c2ccccc2)cc1.FC(F)(F)c1cc([B-](c2cc(C(F)(F)F)cc(C(F)(F)F)c2)(c2cc(C(F)(F)F)cc(C(F)(F)F)c2)c2cc(C(F)(F)F)cc(C(F)(F)F)c2)cc(C(F)(F)F)c1. The first-order valence-corrected chi connectivity index (χ1v) is 23.7. The molecule has 0 aliphatic rings. The Kier molecular flexibility index (Phi) is 16.5. The number of halogens is 24. The summed E-state index contributed by atoms with van der Waals surface area (Å²) >= 11 is 0. The largest absolute Gasteiger partial charge is 0.416 e. The molecule has 0 aromatic heterocycles. The Hall–Kier alpha value is -6.93. The van der Waals surface area contributed by atoms with E-state index >= 15 is 0 Å². The second-order valence-corrected chi connectivity index (χ2v) is 20.2. The molecule has 7 rings (SSSR count). The van der Waals surface area contributed by atoms with Gasteiger partial charge in [0.1, 0.15) is 11.9 Å². The van der Waals surface area contributed by atoms with E-state index in [0.29, 0.717) is 5.75 Å². The molecule has 0 unspecified atom stereocenters. The minimum Gasteiger partial charge on any atom is -0.194 e. The van der Waals surface area contributed by atoms with Gasteiger partial charge in [0.25, 0.3) is 0 Å². The normalized spacial score (nSPS) is 13.5. The van der Waals surface area contributed by atoms with Gasteiger partial charge in [0.05, 0.1) is 44.5 Å². The lowest BCUT2D eigenvalue weighted by Crippen LogP contribution is -2.75. The predicted octanol–water partition coefficient (Wildman–Crippen LogP) is 16.3. The Morgan fingerprint density at radius 1 is 0.304 bits per heavy atom. The molecular weight excluding hydrogens is 1140 g/mol. The van der Waals surface area contributed by atoms with Gasteiger partial charge in [0.2, 0.25) is 0 Å². The molecule has 0 N–H and O–H groups in total. The third-order valence-electron chi connectivity index (χ3n) is 12.2. The molecule has 27 heteroatoms. The summed E-state index contributed by atoms with van der Waals surface area (Å²) in [5.74, 6) is 0.529. The first-order chi connectivity index (χ1) is 35.9. The maximum absolute atomic E-state index is 14.2. The average molecular weight is 1170 g/mol. The van der Waals surface area contributed by atoms with Crippen LogP contribution in [0.5, 0.6) is 0 Å². The number of rotatable bonds is 8. The summed E-state index contributed by atoms with van der Waals surface area (Å²) in [6.07, 6.45) is -54.8. The Balaban J connectivity index is 0.000000378. The van der Waals surface area contributed by atoms with E-state index in [1.54, 1.807) is 0 Å².